The van der Waals surface area contributed by atoms with Gasteiger partial charge in [-0.1, -0.05) is 39.0 Å². The van der Waals surface area contributed by atoms with Gasteiger partial charge in [-0.2, -0.15) is 0 Å². The van der Waals surface area contributed by atoms with E-state index < -0.39 is 23.6 Å². The van der Waals surface area contributed by atoms with E-state index in [9.17, 15) is 19.8 Å². The molecule has 31 heavy (non-hydrogen) atoms. The molecule has 0 bridgehead atoms. The molecule has 3 N–H and O–H groups in total. The summed E-state index contributed by atoms with van der Waals surface area (Å²) in [5.41, 5.74) is 0.682. The van der Waals surface area contributed by atoms with Crippen molar-refractivity contribution in [3.63, 3.8) is 0 Å². The molecule has 6 nitrogen and oxygen atoms in total. The minimum Gasteiger partial charge on any atom is -0.481 e. The number of esters is 1. The molecule has 0 fully saturated rings. The molecule has 0 amide bonds. The van der Waals surface area contributed by atoms with Crippen LogP contribution in [0.5, 0.6) is 0 Å². The van der Waals surface area contributed by atoms with E-state index in [1.165, 1.54) is 5.57 Å². The van der Waals surface area contributed by atoms with Gasteiger partial charge < -0.3 is 20.1 Å². The van der Waals surface area contributed by atoms with Crippen LogP contribution in [0.4, 0.5) is 0 Å². The summed E-state index contributed by atoms with van der Waals surface area (Å²) in [6.45, 7) is 10.1. The van der Waals surface area contributed by atoms with E-state index in [1.807, 2.05) is 20.8 Å². The van der Waals surface area contributed by atoms with Crippen LogP contribution in [0.1, 0.15) is 73.1 Å². The highest BCUT2D eigenvalue weighted by atomic mass is 16.5. The van der Waals surface area contributed by atoms with Crippen molar-refractivity contribution in [3.05, 3.63) is 23.8 Å². The summed E-state index contributed by atoms with van der Waals surface area (Å²) >= 11 is 0. The number of rotatable bonds is 10. The quantitative estimate of drug-likeness (QED) is 0.445. The number of fused-ring (bicyclic) bond motifs is 1. The summed E-state index contributed by atoms with van der Waals surface area (Å²) in [4.78, 5) is 23.6. The molecule has 0 spiro atoms. The Morgan fingerprint density at radius 2 is 1.90 bits per heavy atom. The lowest BCUT2D eigenvalue weighted by molar-refractivity contribution is -0.164. The number of carboxylic acids is 1. The van der Waals surface area contributed by atoms with Gasteiger partial charge in [0.1, 0.15) is 6.10 Å². The maximum Gasteiger partial charge on any atom is 0.311 e. The van der Waals surface area contributed by atoms with Crippen LogP contribution in [0.15, 0.2) is 23.8 Å². The normalized spacial score (nSPS) is 30.2. The monoisotopic (exact) mass is 436 g/mol. The van der Waals surface area contributed by atoms with Crippen LogP contribution in [0.2, 0.25) is 0 Å². The fraction of sp³-hybridized carbons (Fsp3) is 0.760. The molecule has 0 aromatic carbocycles. The van der Waals surface area contributed by atoms with Crippen LogP contribution in [0.3, 0.4) is 0 Å². The Balaban J connectivity index is 2.12. The Morgan fingerprint density at radius 1 is 1.23 bits per heavy atom. The van der Waals surface area contributed by atoms with Crippen LogP contribution in [-0.4, -0.2) is 45.6 Å². The van der Waals surface area contributed by atoms with Gasteiger partial charge in [0.05, 0.1) is 24.0 Å². The first-order valence-electron chi connectivity index (χ1n) is 11.6. The van der Waals surface area contributed by atoms with Crippen molar-refractivity contribution < 1.29 is 29.6 Å². The van der Waals surface area contributed by atoms with E-state index in [4.69, 9.17) is 9.84 Å². The van der Waals surface area contributed by atoms with E-state index in [2.05, 4.69) is 32.1 Å². The van der Waals surface area contributed by atoms with E-state index in [0.717, 1.165) is 6.42 Å². The predicted octanol–water partition coefficient (Wildman–Crippen LogP) is 4.11. The van der Waals surface area contributed by atoms with Crippen LogP contribution in [-0.2, 0) is 14.3 Å². The molecule has 2 rings (SSSR count). The van der Waals surface area contributed by atoms with Crippen molar-refractivity contribution in [1.29, 1.82) is 0 Å². The third-order valence-electron chi connectivity index (χ3n) is 7.08. The summed E-state index contributed by atoms with van der Waals surface area (Å²) in [6, 6.07) is 0. The van der Waals surface area contributed by atoms with Crippen molar-refractivity contribution in [2.24, 2.45) is 29.1 Å². The second-order valence-electron chi connectivity index (χ2n) is 10.2. The zero-order chi connectivity index (χ0) is 23.3. The zero-order valence-corrected chi connectivity index (χ0v) is 19.6. The largest absolute Gasteiger partial charge is 0.481 e. The van der Waals surface area contributed by atoms with E-state index >= 15 is 0 Å². The highest BCUT2D eigenvalue weighted by molar-refractivity contribution is 5.76. The molecule has 0 aromatic rings. The maximum absolute atomic E-state index is 12.8. The highest BCUT2D eigenvalue weighted by Crippen LogP contribution is 2.45. The highest BCUT2D eigenvalue weighted by Gasteiger charge is 2.42. The summed E-state index contributed by atoms with van der Waals surface area (Å²) < 4.78 is 6.10. The summed E-state index contributed by atoms with van der Waals surface area (Å²) in [5, 5.41) is 29.0. The number of aliphatic hydroxyl groups is 2. The number of ether oxygens (including phenoxy) is 1. The maximum atomic E-state index is 12.8. The standard InChI is InChI=1S/C25H40O6/c1-6-25(4,5)24(30)31-21-12-15(2)11-17-8-7-16(3)20(23(17)21)10-9-18(26)13-19(27)14-22(28)29/h7-8,11,15-16,18-21,23,26-27H,6,9-10,12-14H2,1-5H3,(H,28,29)/t15-,16-,18+,19+,20-,21-,23+/m0/s1. The van der Waals surface area contributed by atoms with Gasteiger partial charge in [0.25, 0.3) is 0 Å². The van der Waals surface area contributed by atoms with Crippen molar-refractivity contribution in [3.8, 4) is 0 Å². The predicted molar refractivity (Wildman–Crippen MR) is 119 cm³/mol. The molecule has 0 aromatic heterocycles. The molecule has 0 saturated heterocycles. The van der Waals surface area contributed by atoms with Crippen molar-refractivity contribution >= 4 is 11.9 Å². The summed E-state index contributed by atoms with van der Waals surface area (Å²) in [7, 11) is 0. The number of hydrogen-bond donors (Lipinski definition) is 3. The Morgan fingerprint density at radius 3 is 2.52 bits per heavy atom. The number of carbonyl (C=O) groups excluding carboxylic acids is 1. The van der Waals surface area contributed by atoms with Crippen LogP contribution in [0.25, 0.3) is 0 Å². The number of carbonyl (C=O) groups is 2. The lowest BCUT2D eigenvalue weighted by Gasteiger charge is -2.44. The molecule has 0 saturated carbocycles. The van der Waals surface area contributed by atoms with E-state index in [1.54, 1.807) is 0 Å². The van der Waals surface area contributed by atoms with Gasteiger partial charge in [-0.15, -0.1) is 0 Å². The first kappa shape index (κ1) is 25.6. The Labute approximate surface area is 186 Å². The smallest absolute Gasteiger partial charge is 0.311 e. The number of aliphatic carboxylic acids is 1. The van der Waals surface area contributed by atoms with Gasteiger partial charge in [-0.3, -0.25) is 9.59 Å². The van der Waals surface area contributed by atoms with Crippen molar-refractivity contribution in [2.75, 3.05) is 0 Å². The number of hydrogen-bond acceptors (Lipinski definition) is 5. The van der Waals surface area contributed by atoms with E-state index in [-0.39, 0.29) is 42.7 Å². The Bertz CT molecular complexity index is 694. The first-order chi connectivity index (χ1) is 14.4. The molecule has 0 unspecified atom stereocenters. The molecule has 0 aliphatic heterocycles. The molecule has 0 heterocycles. The number of allylic oxidation sites excluding steroid dienone is 3. The van der Waals surface area contributed by atoms with Crippen molar-refractivity contribution in [1.82, 2.24) is 0 Å². The first-order valence-corrected chi connectivity index (χ1v) is 11.6. The van der Waals surface area contributed by atoms with Crippen LogP contribution in [0, 0.1) is 29.1 Å². The lowest BCUT2D eigenvalue weighted by Crippen LogP contribution is -2.43. The van der Waals surface area contributed by atoms with Gasteiger partial charge in [-0.05, 0) is 69.3 Å². The topological polar surface area (TPSA) is 104 Å². The average molecular weight is 437 g/mol. The minimum atomic E-state index is -1.07. The SMILES string of the molecule is CCC(C)(C)C(=O)O[C@H]1C[C@@H](C)C=C2C=C[C@H](C)[C@H](CC[C@@H](O)C[C@@H](O)CC(=O)O)[C@@H]21. The fourth-order valence-corrected chi connectivity index (χ4v) is 4.76. The van der Waals surface area contributed by atoms with Gasteiger partial charge in [0.15, 0.2) is 0 Å². The second kappa shape index (κ2) is 10.8. The van der Waals surface area contributed by atoms with Gasteiger partial charge in [0, 0.05) is 5.92 Å². The number of carboxylic acid groups (broad SMARTS) is 1. The Kier molecular flexibility index (Phi) is 8.90. The molecule has 2 aliphatic rings. The lowest BCUT2D eigenvalue weighted by atomic mass is 9.65. The van der Waals surface area contributed by atoms with Crippen LogP contribution >= 0.6 is 0 Å². The minimum absolute atomic E-state index is 0.0523. The molecule has 176 valence electrons. The third kappa shape index (κ3) is 6.91. The molecule has 7 atom stereocenters. The molecule has 2 aliphatic carbocycles. The summed E-state index contributed by atoms with van der Waals surface area (Å²) in [5.74, 6) is -0.347. The molecule has 0 radical (unpaired) electrons. The van der Waals surface area contributed by atoms with Crippen LogP contribution < -0.4 is 0 Å². The van der Waals surface area contributed by atoms with Crippen molar-refractivity contribution in [2.45, 2.75) is 91.5 Å². The fourth-order valence-electron chi connectivity index (χ4n) is 4.76. The average Bonchev–Trinajstić information content (AvgIpc) is 2.66. The Hall–Kier alpha value is -1.66. The van der Waals surface area contributed by atoms with Gasteiger partial charge in [0.2, 0.25) is 0 Å². The number of aliphatic hydroxyl groups excluding tert-OH is 2. The van der Waals surface area contributed by atoms with Gasteiger partial charge in [-0.25, -0.2) is 0 Å². The molecular formula is C25H40O6. The third-order valence-corrected chi connectivity index (χ3v) is 7.08. The molecular weight excluding hydrogens is 396 g/mol. The molecule has 6 heteroatoms. The zero-order valence-electron chi connectivity index (χ0n) is 19.6. The summed E-state index contributed by atoms with van der Waals surface area (Å²) in [6.07, 6.45) is 6.98. The van der Waals surface area contributed by atoms with E-state index in [0.29, 0.717) is 25.2 Å². The second-order valence-corrected chi connectivity index (χ2v) is 10.2. The van der Waals surface area contributed by atoms with Gasteiger partial charge >= 0.3 is 11.9 Å².